The molecule has 1 aromatic rings. The molecule has 0 amide bonds. The summed E-state index contributed by atoms with van der Waals surface area (Å²) in [6.45, 7) is 4.50. The summed E-state index contributed by atoms with van der Waals surface area (Å²) < 4.78 is 1.04. The van der Waals surface area contributed by atoms with Crippen LogP contribution in [-0.4, -0.2) is 13.1 Å². The van der Waals surface area contributed by atoms with E-state index in [2.05, 4.69) is 47.2 Å². The molecule has 96 valence electrons. The standard InChI is InChI=1S/C14H21BrClN/c1-4-10(5-2)14(17-3)8-11-6-7-12(15)9-13(11)16/h6-7,9-10,14,17H,4-5,8H2,1-3H3. The average Bonchev–Trinajstić information content (AvgIpc) is 2.32. The van der Waals surface area contributed by atoms with Gasteiger partial charge >= 0.3 is 0 Å². The molecular formula is C14H21BrClN. The molecule has 0 aromatic heterocycles. The van der Waals surface area contributed by atoms with Gasteiger partial charge in [-0.3, -0.25) is 0 Å². The van der Waals surface area contributed by atoms with Crippen molar-refractivity contribution in [3.8, 4) is 0 Å². The molecule has 1 N–H and O–H groups in total. The van der Waals surface area contributed by atoms with Crippen LogP contribution in [0.15, 0.2) is 22.7 Å². The van der Waals surface area contributed by atoms with E-state index in [0.29, 0.717) is 12.0 Å². The number of nitrogens with one attached hydrogen (secondary N) is 1. The molecule has 17 heavy (non-hydrogen) atoms. The SMILES string of the molecule is CCC(CC)C(Cc1ccc(Br)cc1Cl)NC. The maximum atomic E-state index is 6.26. The van der Waals surface area contributed by atoms with Crippen LogP contribution in [0.5, 0.6) is 0 Å². The highest BCUT2D eigenvalue weighted by molar-refractivity contribution is 9.10. The summed E-state index contributed by atoms with van der Waals surface area (Å²) in [4.78, 5) is 0. The van der Waals surface area contributed by atoms with Crippen molar-refractivity contribution in [1.82, 2.24) is 5.32 Å². The van der Waals surface area contributed by atoms with Gasteiger partial charge in [-0.1, -0.05) is 60.3 Å². The molecule has 0 fully saturated rings. The first-order valence-corrected chi connectivity index (χ1v) is 7.40. The van der Waals surface area contributed by atoms with Crippen molar-refractivity contribution in [2.45, 2.75) is 39.2 Å². The van der Waals surface area contributed by atoms with Crippen LogP contribution < -0.4 is 5.32 Å². The summed E-state index contributed by atoms with van der Waals surface area (Å²) in [5.74, 6) is 0.708. The monoisotopic (exact) mass is 317 g/mol. The van der Waals surface area contributed by atoms with E-state index in [0.717, 1.165) is 15.9 Å². The Hall–Kier alpha value is -0.0500. The lowest BCUT2D eigenvalue weighted by atomic mass is 9.89. The van der Waals surface area contributed by atoms with Crippen LogP contribution >= 0.6 is 27.5 Å². The van der Waals surface area contributed by atoms with E-state index in [9.17, 15) is 0 Å². The lowest BCUT2D eigenvalue weighted by Crippen LogP contribution is -2.35. The quantitative estimate of drug-likeness (QED) is 0.803. The van der Waals surface area contributed by atoms with Crippen LogP contribution in [0.4, 0.5) is 0 Å². The van der Waals surface area contributed by atoms with Gasteiger partial charge in [0.2, 0.25) is 0 Å². The third-order valence-corrected chi connectivity index (χ3v) is 4.29. The lowest BCUT2D eigenvalue weighted by Gasteiger charge is -2.25. The summed E-state index contributed by atoms with van der Waals surface area (Å²) in [6, 6.07) is 6.64. The van der Waals surface area contributed by atoms with Crippen molar-refractivity contribution in [2.24, 2.45) is 5.92 Å². The zero-order chi connectivity index (χ0) is 12.8. The van der Waals surface area contributed by atoms with E-state index >= 15 is 0 Å². The molecule has 1 rings (SSSR count). The van der Waals surface area contributed by atoms with Crippen LogP contribution in [0.2, 0.25) is 5.02 Å². The Morgan fingerprint density at radius 3 is 2.41 bits per heavy atom. The number of rotatable bonds is 6. The van der Waals surface area contributed by atoms with Crippen molar-refractivity contribution in [2.75, 3.05) is 7.05 Å². The predicted molar refractivity (Wildman–Crippen MR) is 79.8 cm³/mol. The van der Waals surface area contributed by atoms with Gasteiger partial charge in [-0.15, -0.1) is 0 Å². The smallest absolute Gasteiger partial charge is 0.0449 e. The molecular weight excluding hydrogens is 298 g/mol. The number of benzene rings is 1. The first kappa shape index (κ1) is 15.0. The summed E-state index contributed by atoms with van der Waals surface area (Å²) in [6.07, 6.45) is 3.40. The largest absolute Gasteiger partial charge is 0.316 e. The van der Waals surface area contributed by atoms with Crippen LogP contribution in [-0.2, 0) is 6.42 Å². The molecule has 0 bridgehead atoms. The van der Waals surface area contributed by atoms with Gasteiger partial charge in [0.15, 0.2) is 0 Å². The third-order valence-electron chi connectivity index (χ3n) is 3.44. The van der Waals surface area contributed by atoms with Crippen molar-refractivity contribution in [1.29, 1.82) is 0 Å². The summed E-state index contributed by atoms with van der Waals surface area (Å²) in [5.41, 5.74) is 1.22. The second-order valence-corrected chi connectivity index (χ2v) is 5.73. The minimum Gasteiger partial charge on any atom is -0.316 e. The second kappa shape index (κ2) is 7.40. The van der Waals surface area contributed by atoms with E-state index in [4.69, 9.17) is 11.6 Å². The van der Waals surface area contributed by atoms with E-state index in [-0.39, 0.29) is 0 Å². The zero-order valence-electron chi connectivity index (χ0n) is 10.8. The van der Waals surface area contributed by atoms with Crippen LogP contribution in [0.25, 0.3) is 0 Å². The van der Waals surface area contributed by atoms with Crippen LogP contribution in [0, 0.1) is 5.92 Å². The van der Waals surface area contributed by atoms with Gasteiger partial charge in [0.1, 0.15) is 0 Å². The van der Waals surface area contributed by atoms with Crippen molar-refractivity contribution >= 4 is 27.5 Å². The molecule has 0 aliphatic heterocycles. The molecule has 0 heterocycles. The van der Waals surface area contributed by atoms with Gasteiger partial charge in [0, 0.05) is 15.5 Å². The van der Waals surface area contributed by atoms with E-state index in [1.807, 2.05) is 13.1 Å². The van der Waals surface area contributed by atoms with E-state index < -0.39 is 0 Å². The second-order valence-electron chi connectivity index (χ2n) is 4.41. The molecule has 1 unspecified atom stereocenters. The normalized spacial score (nSPS) is 13.1. The number of halogens is 2. The number of likely N-dealkylation sites (N-methyl/N-ethyl adjacent to an activating group) is 1. The van der Waals surface area contributed by atoms with Crippen LogP contribution in [0.1, 0.15) is 32.3 Å². The highest BCUT2D eigenvalue weighted by atomic mass is 79.9. The summed E-state index contributed by atoms with van der Waals surface area (Å²) >= 11 is 9.70. The van der Waals surface area contributed by atoms with Gasteiger partial charge in [0.05, 0.1) is 0 Å². The zero-order valence-corrected chi connectivity index (χ0v) is 13.1. The molecule has 0 spiro atoms. The Bertz CT molecular complexity index is 350. The van der Waals surface area contributed by atoms with Gasteiger partial charge in [-0.05, 0) is 37.1 Å². The minimum atomic E-state index is 0.503. The topological polar surface area (TPSA) is 12.0 Å². The Morgan fingerprint density at radius 2 is 1.94 bits per heavy atom. The summed E-state index contributed by atoms with van der Waals surface area (Å²) in [5, 5.41) is 4.28. The Labute approximate surface area is 118 Å². The van der Waals surface area contributed by atoms with Crippen LogP contribution in [0.3, 0.4) is 0 Å². The molecule has 0 radical (unpaired) electrons. The molecule has 0 aliphatic rings. The number of hydrogen-bond acceptors (Lipinski definition) is 1. The first-order valence-electron chi connectivity index (χ1n) is 6.23. The van der Waals surface area contributed by atoms with Gasteiger partial charge in [-0.25, -0.2) is 0 Å². The fourth-order valence-electron chi connectivity index (χ4n) is 2.29. The highest BCUT2D eigenvalue weighted by Gasteiger charge is 2.18. The molecule has 1 atom stereocenters. The Kier molecular flexibility index (Phi) is 6.53. The fourth-order valence-corrected chi connectivity index (χ4v) is 3.04. The first-order chi connectivity index (χ1) is 8.12. The molecule has 3 heteroatoms. The average molecular weight is 319 g/mol. The third kappa shape index (κ3) is 4.27. The van der Waals surface area contributed by atoms with E-state index in [1.165, 1.54) is 18.4 Å². The van der Waals surface area contributed by atoms with Crippen molar-refractivity contribution in [3.05, 3.63) is 33.3 Å². The van der Waals surface area contributed by atoms with Gasteiger partial charge in [-0.2, -0.15) is 0 Å². The van der Waals surface area contributed by atoms with Crippen molar-refractivity contribution < 1.29 is 0 Å². The minimum absolute atomic E-state index is 0.503. The highest BCUT2D eigenvalue weighted by Crippen LogP contribution is 2.25. The molecule has 1 aromatic carbocycles. The summed E-state index contributed by atoms with van der Waals surface area (Å²) in [7, 11) is 2.04. The maximum absolute atomic E-state index is 6.26. The van der Waals surface area contributed by atoms with E-state index in [1.54, 1.807) is 0 Å². The molecule has 0 aliphatic carbocycles. The number of hydrogen-bond donors (Lipinski definition) is 1. The fraction of sp³-hybridized carbons (Fsp3) is 0.571. The molecule has 0 saturated heterocycles. The van der Waals surface area contributed by atoms with Gasteiger partial charge < -0.3 is 5.32 Å². The lowest BCUT2D eigenvalue weighted by molar-refractivity contribution is 0.349. The molecule has 1 nitrogen and oxygen atoms in total. The Balaban J connectivity index is 2.80. The maximum Gasteiger partial charge on any atom is 0.0449 e. The van der Waals surface area contributed by atoms with Gasteiger partial charge in [0.25, 0.3) is 0 Å². The molecule has 0 saturated carbocycles. The van der Waals surface area contributed by atoms with Crippen molar-refractivity contribution in [3.63, 3.8) is 0 Å². The Morgan fingerprint density at radius 1 is 1.29 bits per heavy atom. The predicted octanol–water partition coefficient (Wildman–Crippen LogP) is 4.67.